The van der Waals surface area contributed by atoms with E-state index in [0.29, 0.717) is 12.1 Å². The van der Waals surface area contributed by atoms with Gasteiger partial charge in [-0.15, -0.1) is 33.2 Å². The van der Waals surface area contributed by atoms with Gasteiger partial charge in [0.15, 0.2) is 0 Å². The molecule has 0 amide bonds. The minimum Gasteiger partial charge on any atom is -0.194 e. The quantitative estimate of drug-likeness (QED) is 0.141. The van der Waals surface area contributed by atoms with E-state index in [-0.39, 0.29) is 17.7 Å². The van der Waals surface area contributed by atoms with Gasteiger partial charge in [0.2, 0.25) is 0 Å². The molecule has 0 fully saturated rings. The van der Waals surface area contributed by atoms with Gasteiger partial charge in [-0.1, -0.05) is 31.2 Å². The Hall–Kier alpha value is -0.883. The summed E-state index contributed by atoms with van der Waals surface area (Å²) in [7, 11) is 0. The van der Waals surface area contributed by atoms with Crippen molar-refractivity contribution in [3.63, 3.8) is 0 Å². The third-order valence-corrected chi connectivity index (χ3v) is 9.25. The van der Waals surface area contributed by atoms with Gasteiger partial charge in [0.25, 0.3) is 0 Å². The zero-order valence-corrected chi connectivity index (χ0v) is 20.2. The van der Waals surface area contributed by atoms with Crippen LogP contribution < -0.4 is 0 Å². The fraction of sp³-hybridized carbons (Fsp3) is 0.625. The summed E-state index contributed by atoms with van der Waals surface area (Å²) in [5.74, 6) is -56.8. The lowest BCUT2D eigenvalue weighted by atomic mass is 9.87. The lowest BCUT2D eigenvalue weighted by Crippen LogP contribution is -2.74. The summed E-state index contributed by atoms with van der Waals surface area (Å²) in [6.45, 7) is 1.18. The van der Waals surface area contributed by atoms with Crippen LogP contribution in [-0.2, 0) is 5.92 Å². The molecule has 0 nitrogen and oxygen atoms in total. The van der Waals surface area contributed by atoms with Crippen molar-refractivity contribution < 1.29 is 74.6 Å². The molecule has 1 unspecified atom stereocenters. The number of benzene rings is 1. The molecule has 0 aliphatic rings. The number of rotatable bonds is 9. The van der Waals surface area contributed by atoms with Crippen LogP contribution in [-0.4, -0.2) is 47.7 Å². The Labute approximate surface area is 209 Å². The molecule has 0 N–H and O–H groups in total. The summed E-state index contributed by atoms with van der Waals surface area (Å²) in [4.78, 5) is 0. The Morgan fingerprint density at radius 1 is 0.514 bits per heavy atom. The van der Waals surface area contributed by atoms with Crippen molar-refractivity contribution in [1.29, 1.82) is 0 Å². The van der Waals surface area contributed by atoms with E-state index in [9.17, 15) is 74.6 Å². The summed E-state index contributed by atoms with van der Waals surface area (Å²) < 4.78 is 227. The Kier molecular flexibility index (Phi) is 8.63. The van der Waals surface area contributed by atoms with E-state index < -0.39 is 64.7 Å². The largest absolute Gasteiger partial charge is 0.460 e. The van der Waals surface area contributed by atoms with E-state index in [0.717, 1.165) is 0 Å². The number of alkyl halides is 17. The second-order valence-corrected chi connectivity index (χ2v) is 16.5. The average molecular weight is 658 g/mol. The van der Waals surface area contributed by atoms with Crippen molar-refractivity contribution in [2.75, 3.05) is 0 Å². The summed E-state index contributed by atoms with van der Waals surface area (Å²) in [5.41, 5.74) is -3.62. The van der Waals surface area contributed by atoms with Crippen LogP contribution in [0.15, 0.2) is 24.3 Å². The fourth-order valence-electron chi connectivity index (χ4n) is 2.52. The fourth-order valence-corrected chi connectivity index (χ4v) is 4.22. The molecule has 0 aliphatic carbocycles. The molecule has 21 heteroatoms. The van der Waals surface area contributed by atoms with Gasteiger partial charge in [0, 0.05) is 11.1 Å². The Bertz CT molecular complexity index is 966. The van der Waals surface area contributed by atoms with Crippen LogP contribution >= 0.6 is 33.2 Å². The van der Waals surface area contributed by atoms with Crippen LogP contribution in [0.4, 0.5) is 74.6 Å². The zero-order valence-electron chi connectivity index (χ0n) is 16.9. The van der Waals surface area contributed by atoms with E-state index in [1.165, 1.54) is 6.92 Å². The van der Waals surface area contributed by atoms with Gasteiger partial charge in [-0.05, 0) is 5.56 Å². The van der Waals surface area contributed by atoms with Crippen LogP contribution in [0.1, 0.15) is 23.6 Å². The van der Waals surface area contributed by atoms with Crippen LogP contribution in [0.5, 0.6) is 0 Å². The summed E-state index contributed by atoms with van der Waals surface area (Å²) >= 11 is 16.9. The van der Waals surface area contributed by atoms with Gasteiger partial charge in [0.05, 0.1) is 0 Å². The van der Waals surface area contributed by atoms with Gasteiger partial charge in [-0.3, -0.25) is 0 Å². The molecule has 0 saturated carbocycles. The van der Waals surface area contributed by atoms with Crippen molar-refractivity contribution in [2.24, 2.45) is 0 Å². The lowest BCUT2D eigenvalue weighted by Gasteiger charge is -2.42. The van der Waals surface area contributed by atoms with Gasteiger partial charge >= 0.3 is 53.6 Å². The van der Waals surface area contributed by atoms with E-state index >= 15 is 0 Å². The first kappa shape index (κ1) is 34.1. The first-order valence-corrected chi connectivity index (χ1v) is 13.9. The van der Waals surface area contributed by atoms with Gasteiger partial charge in [-0.25, -0.2) is 0 Å². The molecular weight excluding hydrogens is 650 g/mol. The molecule has 0 aliphatic heterocycles. The molecule has 216 valence electrons. The van der Waals surface area contributed by atoms with Crippen molar-refractivity contribution in [3.8, 4) is 0 Å². The SMILES string of the molecule is CC(c1ccc(C(F)(F)C(F)(F)C(F)(F)C(F)(F)C(F)(F)C(F)(F)C(F)(F)C(F)(F)F)cc1)[Si](Cl)(Cl)Cl. The summed E-state index contributed by atoms with van der Waals surface area (Å²) in [6, 6.07) is -3.09. The maximum absolute atomic E-state index is 14.2. The number of hydrogen-bond acceptors (Lipinski definition) is 0. The first-order valence-electron chi connectivity index (χ1n) is 8.76. The highest BCUT2D eigenvalue weighted by Crippen LogP contribution is 2.65. The van der Waals surface area contributed by atoms with Crippen molar-refractivity contribution >= 4 is 39.2 Å². The van der Waals surface area contributed by atoms with E-state index in [1.54, 1.807) is 0 Å². The van der Waals surface area contributed by atoms with E-state index in [2.05, 4.69) is 0 Å². The molecule has 0 spiro atoms. The second kappa shape index (κ2) is 9.35. The van der Waals surface area contributed by atoms with E-state index in [1.807, 2.05) is 0 Å². The number of hydrogen-bond donors (Lipinski definition) is 0. The molecule has 1 atom stereocenters. The number of halogens is 20. The summed E-state index contributed by atoms with van der Waals surface area (Å²) in [5, 5.41) is 0. The topological polar surface area (TPSA) is 0 Å². The Morgan fingerprint density at radius 3 is 1.11 bits per heavy atom. The normalized spacial score (nSPS) is 16.7. The molecule has 0 saturated heterocycles. The van der Waals surface area contributed by atoms with Gasteiger partial charge in [0.1, 0.15) is 0 Å². The molecule has 1 rings (SSSR count). The minimum atomic E-state index is -8.67. The molecule has 37 heavy (non-hydrogen) atoms. The standard InChI is InChI=1S/C16H8Cl3F17Si/c1-6(37(17,18)19)7-2-4-8(5-3-7)9(20,21)10(22,23)11(24,25)12(26,27)13(28,29)14(30,31)15(32,33)16(34,35)36/h2-6H,1H3. The van der Waals surface area contributed by atoms with Crippen molar-refractivity contribution in [1.82, 2.24) is 0 Å². The molecule has 0 radical (unpaired) electrons. The van der Waals surface area contributed by atoms with Gasteiger partial charge < -0.3 is 0 Å². The molecule has 0 heterocycles. The zero-order chi connectivity index (χ0) is 30.1. The third-order valence-electron chi connectivity index (χ3n) is 4.99. The van der Waals surface area contributed by atoms with Crippen molar-refractivity contribution in [3.05, 3.63) is 35.4 Å². The van der Waals surface area contributed by atoms with Crippen molar-refractivity contribution in [2.45, 2.75) is 60.1 Å². The summed E-state index contributed by atoms with van der Waals surface area (Å²) in [6.07, 6.45) is -7.80. The van der Waals surface area contributed by atoms with Crippen LogP contribution in [0.3, 0.4) is 0 Å². The highest BCUT2D eigenvalue weighted by Gasteiger charge is 2.95. The van der Waals surface area contributed by atoms with Crippen LogP contribution in [0.2, 0.25) is 0 Å². The maximum Gasteiger partial charge on any atom is 0.460 e. The van der Waals surface area contributed by atoms with Crippen LogP contribution in [0, 0.1) is 0 Å². The van der Waals surface area contributed by atoms with E-state index in [4.69, 9.17) is 33.2 Å². The lowest BCUT2D eigenvalue weighted by molar-refractivity contribution is -0.462. The van der Waals surface area contributed by atoms with Gasteiger partial charge in [-0.2, -0.15) is 74.6 Å². The second-order valence-electron chi connectivity index (χ2n) is 7.40. The van der Waals surface area contributed by atoms with Crippen LogP contribution in [0.25, 0.3) is 0 Å². The molecule has 0 aromatic heterocycles. The third kappa shape index (κ3) is 4.96. The maximum atomic E-state index is 14.2. The Balaban J connectivity index is 3.66. The monoisotopic (exact) mass is 656 g/mol. The predicted octanol–water partition coefficient (Wildman–Crippen LogP) is 9.45. The smallest absolute Gasteiger partial charge is 0.194 e. The Morgan fingerprint density at radius 2 is 0.811 bits per heavy atom. The predicted molar refractivity (Wildman–Crippen MR) is 97.8 cm³/mol. The first-order chi connectivity index (χ1) is 15.9. The molecule has 1 aromatic carbocycles. The highest BCUT2D eigenvalue weighted by atomic mass is 35.8. The minimum absolute atomic E-state index is 0.149. The highest BCUT2D eigenvalue weighted by molar-refractivity contribution is 7.65. The average Bonchev–Trinajstić information content (AvgIpc) is 2.70. The molecule has 1 aromatic rings. The molecule has 0 bridgehead atoms. The molecular formula is C16H8Cl3F17Si.